The topological polar surface area (TPSA) is 33.1 Å². The summed E-state index contributed by atoms with van der Waals surface area (Å²) in [7, 11) is 0. The van der Waals surface area contributed by atoms with Crippen molar-refractivity contribution in [2.24, 2.45) is 5.92 Å². The van der Waals surface area contributed by atoms with Crippen LogP contribution < -0.4 is 10.2 Å². The SMILES string of the molecule is CCn1cc(N2CCCNC(C(C)C)C2)cn1. The van der Waals surface area contributed by atoms with Crippen LogP contribution in [0.2, 0.25) is 0 Å². The van der Waals surface area contributed by atoms with Crippen molar-refractivity contribution in [3.05, 3.63) is 12.4 Å². The maximum absolute atomic E-state index is 4.36. The Bertz CT molecular complexity index is 345. The van der Waals surface area contributed by atoms with E-state index in [2.05, 4.69) is 42.3 Å². The Morgan fingerprint density at radius 2 is 2.35 bits per heavy atom. The van der Waals surface area contributed by atoms with Gasteiger partial charge in [-0.3, -0.25) is 4.68 Å². The molecule has 0 amide bonds. The van der Waals surface area contributed by atoms with Crippen molar-refractivity contribution in [3.8, 4) is 0 Å². The van der Waals surface area contributed by atoms with Crippen LogP contribution in [0.15, 0.2) is 12.4 Å². The Hall–Kier alpha value is -1.03. The summed E-state index contributed by atoms with van der Waals surface area (Å²) in [4.78, 5) is 2.46. The second-order valence-corrected chi connectivity index (χ2v) is 5.16. The summed E-state index contributed by atoms with van der Waals surface area (Å²) in [6, 6.07) is 0.586. The van der Waals surface area contributed by atoms with Crippen LogP contribution in [0.3, 0.4) is 0 Å². The fourth-order valence-electron chi connectivity index (χ4n) is 2.32. The standard InChI is InChI=1S/C13H24N4/c1-4-17-9-12(8-15-17)16-7-5-6-14-13(10-16)11(2)3/h8-9,11,13-14H,4-7,10H2,1-3H3. The van der Waals surface area contributed by atoms with Crippen LogP contribution in [0, 0.1) is 5.92 Å². The van der Waals surface area contributed by atoms with Gasteiger partial charge in [-0.05, 0) is 25.8 Å². The van der Waals surface area contributed by atoms with Crippen molar-refractivity contribution in [1.82, 2.24) is 15.1 Å². The van der Waals surface area contributed by atoms with Gasteiger partial charge in [-0.15, -0.1) is 0 Å². The first-order valence-electron chi connectivity index (χ1n) is 6.71. The summed E-state index contributed by atoms with van der Waals surface area (Å²) in [5, 5.41) is 8.00. The third kappa shape index (κ3) is 3.00. The van der Waals surface area contributed by atoms with E-state index in [4.69, 9.17) is 0 Å². The molecule has 0 aliphatic carbocycles. The van der Waals surface area contributed by atoms with Gasteiger partial charge in [-0.2, -0.15) is 5.10 Å². The lowest BCUT2D eigenvalue weighted by Gasteiger charge is -2.27. The van der Waals surface area contributed by atoms with E-state index in [1.54, 1.807) is 0 Å². The van der Waals surface area contributed by atoms with E-state index < -0.39 is 0 Å². The zero-order valence-corrected chi connectivity index (χ0v) is 11.2. The molecule has 96 valence electrons. The van der Waals surface area contributed by atoms with Crippen LogP contribution in [0.25, 0.3) is 0 Å². The van der Waals surface area contributed by atoms with Crippen molar-refractivity contribution >= 4 is 5.69 Å². The number of nitrogens with one attached hydrogen (secondary N) is 1. The van der Waals surface area contributed by atoms with Gasteiger partial charge < -0.3 is 10.2 Å². The number of hydrogen-bond acceptors (Lipinski definition) is 3. The largest absolute Gasteiger partial charge is 0.367 e. The van der Waals surface area contributed by atoms with Crippen molar-refractivity contribution in [2.45, 2.75) is 39.8 Å². The van der Waals surface area contributed by atoms with Gasteiger partial charge in [0.25, 0.3) is 0 Å². The highest BCUT2D eigenvalue weighted by atomic mass is 15.3. The summed E-state index contributed by atoms with van der Waals surface area (Å²) >= 11 is 0. The van der Waals surface area contributed by atoms with E-state index in [0.717, 1.165) is 26.2 Å². The van der Waals surface area contributed by atoms with Crippen molar-refractivity contribution in [3.63, 3.8) is 0 Å². The van der Waals surface area contributed by atoms with Crippen LogP contribution >= 0.6 is 0 Å². The van der Waals surface area contributed by atoms with E-state index >= 15 is 0 Å². The first-order valence-corrected chi connectivity index (χ1v) is 6.71. The van der Waals surface area contributed by atoms with E-state index in [9.17, 15) is 0 Å². The highest BCUT2D eigenvalue weighted by molar-refractivity contribution is 5.42. The van der Waals surface area contributed by atoms with Gasteiger partial charge in [0, 0.05) is 31.9 Å². The molecule has 0 bridgehead atoms. The van der Waals surface area contributed by atoms with Crippen LogP contribution in [0.1, 0.15) is 27.2 Å². The lowest BCUT2D eigenvalue weighted by atomic mass is 10.0. The third-order valence-corrected chi connectivity index (χ3v) is 3.54. The molecular formula is C13H24N4. The zero-order valence-electron chi connectivity index (χ0n) is 11.2. The zero-order chi connectivity index (χ0) is 12.3. The van der Waals surface area contributed by atoms with Gasteiger partial charge in [-0.25, -0.2) is 0 Å². The first-order chi connectivity index (χ1) is 8.20. The maximum Gasteiger partial charge on any atom is 0.0753 e. The highest BCUT2D eigenvalue weighted by Crippen LogP contribution is 2.17. The predicted octanol–water partition coefficient (Wildman–Crippen LogP) is 1.73. The number of rotatable bonds is 3. The molecular weight excluding hydrogens is 212 g/mol. The minimum Gasteiger partial charge on any atom is -0.367 e. The molecule has 1 fully saturated rings. The van der Waals surface area contributed by atoms with Gasteiger partial charge in [0.1, 0.15) is 0 Å². The van der Waals surface area contributed by atoms with Crippen molar-refractivity contribution in [1.29, 1.82) is 0 Å². The monoisotopic (exact) mass is 236 g/mol. The number of anilines is 1. The number of aromatic nitrogens is 2. The second-order valence-electron chi connectivity index (χ2n) is 5.16. The molecule has 0 aromatic carbocycles. The lowest BCUT2D eigenvalue weighted by Crippen LogP contribution is -2.41. The summed E-state index contributed by atoms with van der Waals surface area (Å²) < 4.78 is 2.00. The van der Waals surface area contributed by atoms with Crippen molar-refractivity contribution in [2.75, 3.05) is 24.5 Å². The summed E-state index contributed by atoms with van der Waals surface area (Å²) in [6.07, 6.45) is 5.36. The molecule has 1 atom stereocenters. The van der Waals surface area contributed by atoms with E-state index in [1.165, 1.54) is 12.1 Å². The maximum atomic E-state index is 4.36. The van der Waals surface area contributed by atoms with Gasteiger partial charge >= 0.3 is 0 Å². The quantitative estimate of drug-likeness (QED) is 0.867. The molecule has 4 heteroatoms. The number of aryl methyl sites for hydroxylation is 1. The van der Waals surface area contributed by atoms with Gasteiger partial charge in [-0.1, -0.05) is 13.8 Å². The minimum atomic E-state index is 0.586. The molecule has 1 aliphatic heterocycles. The van der Waals surface area contributed by atoms with E-state index in [-0.39, 0.29) is 0 Å². The predicted molar refractivity (Wildman–Crippen MR) is 71.4 cm³/mol. The summed E-state index contributed by atoms with van der Waals surface area (Å²) in [5.41, 5.74) is 1.27. The number of nitrogens with zero attached hydrogens (tertiary/aromatic N) is 3. The molecule has 1 aromatic heterocycles. The number of hydrogen-bond donors (Lipinski definition) is 1. The highest BCUT2D eigenvalue weighted by Gasteiger charge is 2.21. The Labute approximate surface area is 104 Å². The molecule has 1 N–H and O–H groups in total. The molecule has 1 aromatic rings. The molecule has 17 heavy (non-hydrogen) atoms. The first kappa shape index (κ1) is 12.4. The fourth-order valence-corrected chi connectivity index (χ4v) is 2.32. The smallest absolute Gasteiger partial charge is 0.0753 e. The van der Waals surface area contributed by atoms with Crippen LogP contribution in [-0.2, 0) is 6.54 Å². The molecule has 1 saturated heterocycles. The molecule has 1 unspecified atom stereocenters. The van der Waals surface area contributed by atoms with Crippen molar-refractivity contribution < 1.29 is 0 Å². The molecule has 0 radical (unpaired) electrons. The van der Waals surface area contributed by atoms with E-state index in [0.29, 0.717) is 12.0 Å². The van der Waals surface area contributed by atoms with Gasteiger partial charge in [0.2, 0.25) is 0 Å². The lowest BCUT2D eigenvalue weighted by molar-refractivity contribution is 0.420. The average molecular weight is 236 g/mol. The molecule has 4 nitrogen and oxygen atoms in total. The minimum absolute atomic E-state index is 0.586. The van der Waals surface area contributed by atoms with Gasteiger partial charge in [0.05, 0.1) is 11.9 Å². The Morgan fingerprint density at radius 1 is 1.53 bits per heavy atom. The van der Waals surface area contributed by atoms with Crippen LogP contribution in [0.5, 0.6) is 0 Å². The van der Waals surface area contributed by atoms with Crippen LogP contribution in [0.4, 0.5) is 5.69 Å². The normalized spacial score (nSPS) is 21.9. The third-order valence-electron chi connectivity index (χ3n) is 3.54. The molecule has 2 rings (SSSR count). The molecule has 0 saturated carbocycles. The average Bonchev–Trinajstić information content (AvgIpc) is 2.65. The summed E-state index contributed by atoms with van der Waals surface area (Å²) in [5.74, 6) is 0.678. The molecule has 2 heterocycles. The summed E-state index contributed by atoms with van der Waals surface area (Å²) in [6.45, 7) is 11.0. The molecule has 0 spiro atoms. The van der Waals surface area contributed by atoms with Gasteiger partial charge in [0.15, 0.2) is 0 Å². The van der Waals surface area contributed by atoms with Crippen LogP contribution in [-0.4, -0.2) is 35.5 Å². The fraction of sp³-hybridized carbons (Fsp3) is 0.769. The Kier molecular flexibility index (Phi) is 4.05. The second kappa shape index (κ2) is 5.54. The Morgan fingerprint density at radius 3 is 3.00 bits per heavy atom. The Balaban J connectivity index is 2.08. The molecule has 1 aliphatic rings. The van der Waals surface area contributed by atoms with E-state index in [1.807, 2.05) is 10.9 Å².